The number of benzene rings is 3. The number of carbonyl (C=O) groups excluding carboxylic acids is 1. The molecule has 0 aliphatic carbocycles. The molecule has 8 heteroatoms. The van der Waals surface area contributed by atoms with Gasteiger partial charge in [0.1, 0.15) is 16.5 Å². The van der Waals surface area contributed by atoms with Crippen LogP contribution in [0.15, 0.2) is 96.1 Å². The second kappa shape index (κ2) is 9.23. The molecule has 1 fully saturated rings. The number of thiocarbonyl (C=S) groups is 1. The summed E-state index contributed by atoms with van der Waals surface area (Å²) >= 11 is 6.80. The number of para-hydroxylation sites is 1. The highest BCUT2D eigenvalue weighted by molar-refractivity contribution is 7.80. The first-order chi connectivity index (χ1) is 16.2. The van der Waals surface area contributed by atoms with Crippen molar-refractivity contribution >= 4 is 46.3 Å². The predicted octanol–water partition coefficient (Wildman–Crippen LogP) is 5.80. The van der Waals surface area contributed by atoms with Crippen LogP contribution in [-0.2, 0) is 9.63 Å². The van der Waals surface area contributed by atoms with Crippen molar-refractivity contribution in [1.29, 1.82) is 0 Å². The summed E-state index contributed by atoms with van der Waals surface area (Å²) in [6.45, 7) is 0. The van der Waals surface area contributed by atoms with Crippen molar-refractivity contribution in [2.75, 3.05) is 4.90 Å². The lowest BCUT2D eigenvalue weighted by atomic mass is 10.2. The molecule has 0 unspecified atom stereocenters. The lowest BCUT2D eigenvalue weighted by Crippen LogP contribution is -2.50. The predicted molar refractivity (Wildman–Crippen MR) is 133 cm³/mol. The van der Waals surface area contributed by atoms with Gasteiger partial charge in [-0.15, -0.1) is 11.3 Å². The molecule has 1 amide bonds. The summed E-state index contributed by atoms with van der Waals surface area (Å²) in [6.07, 6.45) is 1.60. The Balaban J connectivity index is 1.35. The van der Waals surface area contributed by atoms with Gasteiger partial charge in [0.15, 0.2) is 0 Å². The summed E-state index contributed by atoms with van der Waals surface area (Å²) in [5.41, 5.74) is 4.87. The average molecular weight is 472 g/mol. The van der Waals surface area contributed by atoms with Gasteiger partial charge < -0.3 is 9.57 Å². The normalized spacial score (nSPS) is 14.7. The van der Waals surface area contributed by atoms with Gasteiger partial charge in [-0.3, -0.25) is 4.79 Å². The Labute approximate surface area is 199 Å². The van der Waals surface area contributed by atoms with Crippen molar-refractivity contribution in [3.8, 4) is 22.1 Å². The Morgan fingerprint density at radius 1 is 0.939 bits per heavy atom. The minimum Gasteiger partial charge on any atom is -0.457 e. The van der Waals surface area contributed by atoms with Gasteiger partial charge >= 0.3 is 5.91 Å². The molecule has 1 aliphatic rings. The third-order valence-corrected chi connectivity index (χ3v) is 5.94. The van der Waals surface area contributed by atoms with Gasteiger partial charge in [0.2, 0.25) is 10.9 Å². The standard InChI is InChI=1S/C25H17N3O3S2/c29-24-22(15-18-16-33-23(26-18)17-7-3-1-4-8-17)31-27-25(32)28(24)19-11-13-21(14-12-19)30-20-9-5-2-6-10-20/h1-16H,(H,27,32)/b22-15-. The molecular weight excluding hydrogens is 454 g/mol. The molecule has 1 saturated heterocycles. The summed E-state index contributed by atoms with van der Waals surface area (Å²) in [6, 6.07) is 26.4. The monoisotopic (exact) mass is 471 g/mol. The molecule has 2 heterocycles. The van der Waals surface area contributed by atoms with Gasteiger partial charge in [-0.1, -0.05) is 48.5 Å². The van der Waals surface area contributed by atoms with Crippen molar-refractivity contribution in [3.63, 3.8) is 0 Å². The third-order valence-electron chi connectivity index (χ3n) is 4.76. The molecule has 6 nitrogen and oxygen atoms in total. The zero-order valence-electron chi connectivity index (χ0n) is 17.2. The number of nitrogens with zero attached hydrogens (tertiary/aromatic N) is 2. The van der Waals surface area contributed by atoms with E-state index in [4.69, 9.17) is 21.8 Å². The maximum absolute atomic E-state index is 13.1. The van der Waals surface area contributed by atoms with Crippen LogP contribution >= 0.6 is 23.6 Å². The number of hydrogen-bond donors (Lipinski definition) is 1. The van der Waals surface area contributed by atoms with Crippen LogP contribution in [0.1, 0.15) is 5.69 Å². The highest BCUT2D eigenvalue weighted by Crippen LogP contribution is 2.28. The number of hydroxylamine groups is 1. The van der Waals surface area contributed by atoms with Crippen LogP contribution in [0.4, 0.5) is 5.69 Å². The van der Waals surface area contributed by atoms with Gasteiger partial charge in [-0.05, 0) is 48.6 Å². The molecule has 1 aliphatic heterocycles. The first-order valence-electron chi connectivity index (χ1n) is 10.0. The number of thiazole rings is 1. The second-order valence-electron chi connectivity index (χ2n) is 7.01. The number of rotatable bonds is 5. The quantitative estimate of drug-likeness (QED) is 0.293. The smallest absolute Gasteiger partial charge is 0.303 e. The number of ether oxygens (including phenoxy) is 1. The Morgan fingerprint density at radius 2 is 1.61 bits per heavy atom. The molecule has 1 aromatic heterocycles. The molecule has 3 aromatic carbocycles. The van der Waals surface area contributed by atoms with Crippen molar-refractivity contribution in [2.45, 2.75) is 0 Å². The van der Waals surface area contributed by atoms with Crippen LogP contribution < -0.4 is 15.1 Å². The van der Waals surface area contributed by atoms with Crippen molar-refractivity contribution < 1.29 is 14.4 Å². The highest BCUT2D eigenvalue weighted by Gasteiger charge is 2.31. The minimum atomic E-state index is -0.385. The topological polar surface area (TPSA) is 63.7 Å². The number of nitrogens with one attached hydrogen (secondary N) is 1. The highest BCUT2D eigenvalue weighted by atomic mass is 32.1. The van der Waals surface area contributed by atoms with E-state index < -0.39 is 0 Å². The molecule has 0 bridgehead atoms. The number of carbonyl (C=O) groups is 1. The Bertz CT molecular complexity index is 1320. The lowest BCUT2D eigenvalue weighted by molar-refractivity contribution is -0.119. The van der Waals surface area contributed by atoms with E-state index in [1.165, 1.54) is 16.2 Å². The fraction of sp³-hybridized carbons (Fsp3) is 0. The Kier molecular flexibility index (Phi) is 5.84. The van der Waals surface area contributed by atoms with Crippen LogP contribution in [0.3, 0.4) is 0 Å². The molecule has 33 heavy (non-hydrogen) atoms. The molecule has 162 valence electrons. The number of hydrogen-bond acceptors (Lipinski definition) is 6. The summed E-state index contributed by atoms with van der Waals surface area (Å²) in [5, 5.41) is 2.89. The largest absolute Gasteiger partial charge is 0.457 e. The van der Waals surface area contributed by atoms with Gasteiger partial charge in [0.25, 0.3) is 0 Å². The van der Waals surface area contributed by atoms with Crippen LogP contribution in [0.2, 0.25) is 0 Å². The third kappa shape index (κ3) is 4.62. The SMILES string of the molecule is O=C1/C(=C/c2csc(-c3ccccc3)n2)ONC(=S)N1c1ccc(Oc2ccccc2)cc1. The van der Waals surface area contributed by atoms with Crippen molar-refractivity contribution in [3.05, 3.63) is 102 Å². The van der Waals surface area contributed by atoms with Gasteiger partial charge in [0.05, 0.1) is 11.4 Å². The fourth-order valence-electron chi connectivity index (χ4n) is 3.20. The summed E-state index contributed by atoms with van der Waals surface area (Å²) in [7, 11) is 0. The minimum absolute atomic E-state index is 0.0955. The molecule has 1 N–H and O–H groups in total. The van der Waals surface area contributed by atoms with Crippen LogP contribution in [0, 0.1) is 0 Å². The van der Waals surface area contributed by atoms with E-state index in [2.05, 4.69) is 10.5 Å². The maximum Gasteiger partial charge on any atom is 0.303 e. The van der Waals surface area contributed by atoms with Crippen LogP contribution in [-0.4, -0.2) is 16.0 Å². The van der Waals surface area contributed by atoms with E-state index in [1.54, 1.807) is 30.3 Å². The van der Waals surface area contributed by atoms with E-state index in [0.717, 1.165) is 16.3 Å². The van der Waals surface area contributed by atoms with Gasteiger partial charge in [-0.2, -0.15) is 5.48 Å². The van der Waals surface area contributed by atoms with Gasteiger partial charge in [-0.25, -0.2) is 9.88 Å². The van der Waals surface area contributed by atoms with E-state index in [9.17, 15) is 4.79 Å². The van der Waals surface area contributed by atoms with Gasteiger partial charge in [0, 0.05) is 17.0 Å². The fourth-order valence-corrected chi connectivity index (χ4v) is 4.22. The zero-order valence-corrected chi connectivity index (χ0v) is 18.8. The van der Waals surface area contributed by atoms with E-state index >= 15 is 0 Å². The average Bonchev–Trinajstić information content (AvgIpc) is 3.32. The summed E-state index contributed by atoms with van der Waals surface area (Å²) in [5.74, 6) is 1.09. The first kappa shape index (κ1) is 20.9. The molecule has 4 aromatic rings. The molecule has 0 radical (unpaired) electrons. The van der Waals surface area contributed by atoms with Crippen LogP contribution in [0.5, 0.6) is 11.5 Å². The number of aromatic nitrogens is 1. The lowest BCUT2D eigenvalue weighted by Gasteiger charge is -2.29. The molecule has 0 atom stereocenters. The van der Waals surface area contributed by atoms with E-state index in [0.29, 0.717) is 17.1 Å². The van der Waals surface area contributed by atoms with Crippen LogP contribution in [0.25, 0.3) is 16.6 Å². The zero-order chi connectivity index (χ0) is 22.6. The molecular formula is C25H17N3O3S2. The number of amides is 1. The number of anilines is 1. The maximum atomic E-state index is 13.1. The Hall–Kier alpha value is -4.01. The van der Waals surface area contributed by atoms with Crippen molar-refractivity contribution in [2.24, 2.45) is 0 Å². The summed E-state index contributed by atoms with van der Waals surface area (Å²) in [4.78, 5) is 24.5. The van der Waals surface area contributed by atoms with Crippen molar-refractivity contribution in [1.82, 2.24) is 10.5 Å². The first-order valence-corrected chi connectivity index (χ1v) is 11.3. The molecule has 0 spiro atoms. The second-order valence-corrected chi connectivity index (χ2v) is 8.26. The molecule has 5 rings (SSSR count). The summed E-state index contributed by atoms with van der Waals surface area (Å²) < 4.78 is 5.82. The Morgan fingerprint density at radius 3 is 2.33 bits per heavy atom. The van der Waals surface area contributed by atoms with E-state index in [-0.39, 0.29) is 16.8 Å². The van der Waals surface area contributed by atoms with E-state index in [1.807, 2.05) is 66.0 Å². The molecule has 0 saturated carbocycles.